The monoisotopic (exact) mass is 269 g/mol. The molecule has 1 atom stereocenters. The summed E-state index contributed by atoms with van der Waals surface area (Å²) >= 11 is 1.83. The Labute approximate surface area is 113 Å². The molecule has 2 rings (SSSR count). The molecule has 0 bridgehead atoms. The Morgan fingerprint density at radius 1 is 1.56 bits per heavy atom. The molecule has 0 aliphatic carbocycles. The lowest BCUT2D eigenvalue weighted by Crippen LogP contribution is -2.41. The molecule has 2 heterocycles. The van der Waals surface area contributed by atoms with Crippen molar-refractivity contribution in [1.82, 2.24) is 10.3 Å². The van der Waals surface area contributed by atoms with E-state index in [1.54, 1.807) is 0 Å². The molecule has 1 aromatic rings. The molecule has 0 spiro atoms. The number of anilines is 1. The molecule has 5 heteroatoms. The van der Waals surface area contributed by atoms with Crippen molar-refractivity contribution in [3.63, 3.8) is 0 Å². The van der Waals surface area contributed by atoms with Gasteiger partial charge in [-0.3, -0.25) is 0 Å². The first-order chi connectivity index (χ1) is 8.74. The Morgan fingerprint density at radius 3 is 3.06 bits per heavy atom. The van der Waals surface area contributed by atoms with E-state index in [9.17, 15) is 0 Å². The van der Waals surface area contributed by atoms with Crippen molar-refractivity contribution in [2.45, 2.75) is 39.3 Å². The Balaban J connectivity index is 2.14. The van der Waals surface area contributed by atoms with Gasteiger partial charge in [0.05, 0.1) is 18.4 Å². The fourth-order valence-corrected chi connectivity index (χ4v) is 3.38. The Bertz CT molecular complexity index is 357. The zero-order valence-electron chi connectivity index (χ0n) is 11.5. The molecule has 0 saturated carbocycles. The minimum absolute atomic E-state index is 0.310. The van der Waals surface area contributed by atoms with Gasteiger partial charge in [-0.15, -0.1) is 11.3 Å². The van der Waals surface area contributed by atoms with Gasteiger partial charge in [0, 0.05) is 24.5 Å². The summed E-state index contributed by atoms with van der Waals surface area (Å²) in [4.78, 5) is 8.57. The summed E-state index contributed by atoms with van der Waals surface area (Å²) in [6.07, 6.45) is 2.54. The molecule has 1 aliphatic heterocycles. The lowest BCUT2D eigenvalue weighted by Gasteiger charge is -2.30. The van der Waals surface area contributed by atoms with Crippen LogP contribution in [0.5, 0.6) is 0 Å². The van der Waals surface area contributed by atoms with E-state index in [0.29, 0.717) is 6.10 Å². The number of aromatic nitrogens is 1. The van der Waals surface area contributed by atoms with Crippen molar-refractivity contribution >= 4 is 16.5 Å². The summed E-state index contributed by atoms with van der Waals surface area (Å²) in [5.74, 6) is 0. The summed E-state index contributed by atoms with van der Waals surface area (Å²) in [5, 5.41) is 4.40. The van der Waals surface area contributed by atoms with Gasteiger partial charge in [0.15, 0.2) is 5.13 Å². The molecule has 18 heavy (non-hydrogen) atoms. The molecule has 1 unspecified atom stereocenters. The number of thiazole rings is 1. The third kappa shape index (κ3) is 3.22. The lowest BCUT2D eigenvalue weighted by molar-refractivity contribution is 0.0532. The maximum absolute atomic E-state index is 5.58. The number of nitrogens with one attached hydrogen (secondary N) is 1. The average molecular weight is 269 g/mol. The van der Waals surface area contributed by atoms with E-state index in [4.69, 9.17) is 9.72 Å². The lowest BCUT2D eigenvalue weighted by atomic mass is 10.2. The first-order valence-corrected chi connectivity index (χ1v) is 7.56. The van der Waals surface area contributed by atoms with Gasteiger partial charge in [0.1, 0.15) is 0 Å². The van der Waals surface area contributed by atoms with E-state index >= 15 is 0 Å². The van der Waals surface area contributed by atoms with Crippen molar-refractivity contribution in [1.29, 1.82) is 0 Å². The highest BCUT2D eigenvalue weighted by Gasteiger charge is 2.21. The van der Waals surface area contributed by atoms with E-state index < -0.39 is 0 Å². The van der Waals surface area contributed by atoms with Crippen molar-refractivity contribution in [2.75, 3.05) is 31.6 Å². The fourth-order valence-electron chi connectivity index (χ4n) is 2.23. The van der Waals surface area contributed by atoms with Crippen LogP contribution in [0.2, 0.25) is 0 Å². The number of hydrogen-bond acceptors (Lipinski definition) is 5. The van der Waals surface area contributed by atoms with Crippen LogP contribution in [0.1, 0.15) is 30.8 Å². The van der Waals surface area contributed by atoms with Crippen LogP contribution in [0.25, 0.3) is 0 Å². The molecule has 1 N–H and O–H groups in total. The number of morpholine rings is 1. The van der Waals surface area contributed by atoms with E-state index in [1.807, 2.05) is 18.4 Å². The van der Waals surface area contributed by atoms with Crippen molar-refractivity contribution in [2.24, 2.45) is 0 Å². The Hall–Kier alpha value is -0.650. The molecule has 4 nitrogen and oxygen atoms in total. The summed E-state index contributed by atoms with van der Waals surface area (Å²) < 4.78 is 5.58. The highest BCUT2D eigenvalue weighted by Crippen LogP contribution is 2.28. The quantitative estimate of drug-likeness (QED) is 0.887. The van der Waals surface area contributed by atoms with Crippen LogP contribution in [0.15, 0.2) is 0 Å². The second kappa shape index (κ2) is 6.50. The predicted octanol–water partition coefficient (Wildman–Crippen LogP) is 2.04. The fraction of sp³-hybridized carbons (Fsp3) is 0.769. The minimum Gasteiger partial charge on any atom is -0.375 e. The largest absolute Gasteiger partial charge is 0.375 e. The summed E-state index contributed by atoms with van der Waals surface area (Å²) in [6.45, 7) is 7.98. The van der Waals surface area contributed by atoms with E-state index in [2.05, 4.69) is 24.1 Å². The maximum Gasteiger partial charge on any atom is 0.185 e. The summed E-state index contributed by atoms with van der Waals surface area (Å²) in [5.41, 5.74) is 1.27. The number of ether oxygens (including phenoxy) is 1. The van der Waals surface area contributed by atoms with Crippen LogP contribution in [0.4, 0.5) is 5.13 Å². The van der Waals surface area contributed by atoms with Crippen molar-refractivity contribution in [3.05, 3.63) is 10.6 Å². The normalized spacial score (nSPS) is 20.4. The zero-order valence-corrected chi connectivity index (χ0v) is 12.3. The molecule has 0 amide bonds. The van der Waals surface area contributed by atoms with Crippen LogP contribution in [0.3, 0.4) is 0 Å². The summed E-state index contributed by atoms with van der Waals surface area (Å²) in [7, 11) is 1.99. The molecule has 0 aromatic carbocycles. The van der Waals surface area contributed by atoms with Gasteiger partial charge in [0.2, 0.25) is 0 Å². The van der Waals surface area contributed by atoms with Gasteiger partial charge >= 0.3 is 0 Å². The highest BCUT2D eigenvalue weighted by atomic mass is 32.1. The first kappa shape index (κ1) is 13.8. The zero-order chi connectivity index (χ0) is 13.0. The highest BCUT2D eigenvalue weighted by molar-refractivity contribution is 7.15. The number of aryl methyl sites for hydroxylation is 1. The topological polar surface area (TPSA) is 37.4 Å². The molecular formula is C13H23N3OS. The van der Waals surface area contributed by atoms with Gasteiger partial charge in [0.25, 0.3) is 0 Å². The van der Waals surface area contributed by atoms with Gasteiger partial charge in [-0.1, -0.05) is 13.3 Å². The van der Waals surface area contributed by atoms with Crippen LogP contribution in [0, 0.1) is 0 Å². The maximum atomic E-state index is 5.58. The predicted molar refractivity (Wildman–Crippen MR) is 76.5 cm³/mol. The van der Waals surface area contributed by atoms with Crippen LogP contribution < -0.4 is 10.2 Å². The van der Waals surface area contributed by atoms with Gasteiger partial charge in [-0.25, -0.2) is 4.98 Å². The average Bonchev–Trinajstić information content (AvgIpc) is 2.74. The molecule has 1 aliphatic rings. The third-order valence-electron chi connectivity index (χ3n) is 3.10. The van der Waals surface area contributed by atoms with Crippen molar-refractivity contribution in [3.8, 4) is 0 Å². The van der Waals surface area contributed by atoms with Gasteiger partial charge in [-0.2, -0.15) is 0 Å². The second-order valence-corrected chi connectivity index (χ2v) is 5.84. The molecule has 1 aromatic heterocycles. The number of hydrogen-bond donors (Lipinski definition) is 1. The number of rotatable bonds is 5. The van der Waals surface area contributed by atoms with Crippen LogP contribution in [-0.2, 0) is 17.7 Å². The van der Waals surface area contributed by atoms with Crippen LogP contribution >= 0.6 is 11.3 Å². The Morgan fingerprint density at radius 2 is 2.39 bits per heavy atom. The number of nitrogens with zero attached hydrogens (tertiary/aromatic N) is 2. The minimum atomic E-state index is 0.310. The standard InChI is InChI=1S/C13H23N3OS/c1-4-5-11-12(8-14-3)18-13(15-11)16-6-7-17-10(2)9-16/h10,14H,4-9H2,1-3H3. The second-order valence-electron chi connectivity index (χ2n) is 4.77. The van der Waals surface area contributed by atoms with E-state index in [-0.39, 0.29) is 0 Å². The molecule has 1 saturated heterocycles. The smallest absolute Gasteiger partial charge is 0.185 e. The third-order valence-corrected chi connectivity index (χ3v) is 4.26. The van der Waals surface area contributed by atoms with Crippen molar-refractivity contribution < 1.29 is 4.74 Å². The SMILES string of the molecule is CCCc1nc(N2CCOC(C)C2)sc1CNC. The van der Waals surface area contributed by atoms with E-state index in [1.165, 1.54) is 15.7 Å². The van der Waals surface area contributed by atoms with Crippen LogP contribution in [-0.4, -0.2) is 37.8 Å². The molecular weight excluding hydrogens is 246 g/mol. The van der Waals surface area contributed by atoms with Gasteiger partial charge in [-0.05, 0) is 20.4 Å². The van der Waals surface area contributed by atoms with E-state index in [0.717, 1.165) is 39.1 Å². The van der Waals surface area contributed by atoms with Gasteiger partial charge < -0.3 is 15.0 Å². The summed E-state index contributed by atoms with van der Waals surface area (Å²) in [6, 6.07) is 0. The molecule has 102 valence electrons. The first-order valence-electron chi connectivity index (χ1n) is 6.74. The molecule has 1 fully saturated rings. The Kier molecular flexibility index (Phi) is 4.97. The molecule has 0 radical (unpaired) electrons.